The van der Waals surface area contributed by atoms with Crippen molar-refractivity contribution in [3.8, 4) is 0 Å². The van der Waals surface area contributed by atoms with Crippen molar-refractivity contribution < 1.29 is 13.2 Å². The molecule has 6 heteroatoms. The van der Waals surface area contributed by atoms with Crippen LogP contribution in [0.1, 0.15) is 24.0 Å². The predicted octanol–water partition coefficient (Wildman–Crippen LogP) is 0.847. The third kappa shape index (κ3) is 5.13. The molecular formula is C15H22N2O3S. The van der Waals surface area contributed by atoms with Gasteiger partial charge in [-0.2, -0.15) is 0 Å². The van der Waals surface area contributed by atoms with Crippen LogP contribution in [0, 0.1) is 5.92 Å². The lowest BCUT2D eigenvalue weighted by Gasteiger charge is -2.22. The van der Waals surface area contributed by atoms with Gasteiger partial charge in [-0.1, -0.05) is 24.3 Å². The number of piperidine rings is 1. The molecule has 0 radical (unpaired) electrons. The smallest absolute Gasteiger partial charge is 0.224 e. The van der Waals surface area contributed by atoms with Crippen LogP contribution in [0.5, 0.6) is 0 Å². The van der Waals surface area contributed by atoms with E-state index in [1.165, 1.54) is 6.26 Å². The Morgan fingerprint density at radius 3 is 2.67 bits per heavy atom. The van der Waals surface area contributed by atoms with Gasteiger partial charge in [0.25, 0.3) is 0 Å². The first-order chi connectivity index (χ1) is 9.96. The van der Waals surface area contributed by atoms with Gasteiger partial charge in [0.1, 0.15) is 0 Å². The monoisotopic (exact) mass is 310 g/mol. The van der Waals surface area contributed by atoms with Crippen molar-refractivity contribution in [2.45, 2.75) is 25.1 Å². The molecule has 1 aromatic rings. The summed E-state index contributed by atoms with van der Waals surface area (Å²) in [5.41, 5.74) is 1.61. The minimum atomic E-state index is -3.08. The molecule has 1 amide bonds. The summed E-state index contributed by atoms with van der Waals surface area (Å²) in [6.45, 7) is 2.07. The Bertz CT molecular complexity index is 593. The van der Waals surface area contributed by atoms with Crippen molar-refractivity contribution in [2.75, 3.05) is 19.3 Å². The van der Waals surface area contributed by atoms with Crippen molar-refractivity contribution in [1.29, 1.82) is 0 Å². The number of carbonyl (C=O) groups excluding carboxylic acids is 1. The van der Waals surface area contributed by atoms with Crippen molar-refractivity contribution >= 4 is 15.7 Å². The lowest BCUT2D eigenvalue weighted by Crippen LogP contribution is -2.40. The van der Waals surface area contributed by atoms with Gasteiger partial charge in [-0.05, 0) is 30.5 Å². The third-order valence-electron chi connectivity index (χ3n) is 3.66. The lowest BCUT2D eigenvalue weighted by molar-refractivity contribution is -0.125. The molecule has 21 heavy (non-hydrogen) atoms. The second-order valence-corrected chi connectivity index (χ2v) is 7.74. The molecule has 2 N–H and O–H groups in total. The van der Waals surface area contributed by atoms with Gasteiger partial charge in [0.05, 0.1) is 11.7 Å². The number of hydrogen-bond donors (Lipinski definition) is 2. The van der Waals surface area contributed by atoms with Crippen LogP contribution in [0.3, 0.4) is 0 Å². The quantitative estimate of drug-likeness (QED) is 0.845. The van der Waals surface area contributed by atoms with Crippen LogP contribution >= 0.6 is 0 Å². The Morgan fingerprint density at radius 1 is 1.33 bits per heavy atom. The molecular weight excluding hydrogens is 288 g/mol. The van der Waals surface area contributed by atoms with Gasteiger partial charge >= 0.3 is 0 Å². The summed E-state index contributed by atoms with van der Waals surface area (Å²) >= 11 is 0. The first-order valence-electron chi connectivity index (χ1n) is 7.18. The maximum Gasteiger partial charge on any atom is 0.224 e. The fraction of sp³-hybridized carbons (Fsp3) is 0.533. The zero-order valence-electron chi connectivity index (χ0n) is 12.3. The molecule has 116 valence electrons. The molecule has 2 rings (SSSR count). The Labute approximate surface area is 126 Å². The number of amides is 1. The Balaban J connectivity index is 1.98. The van der Waals surface area contributed by atoms with E-state index >= 15 is 0 Å². The van der Waals surface area contributed by atoms with Crippen LogP contribution in [0.15, 0.2) is 24.3 Å². The van der Waals surface area contributed by atoms with E-state index in [2.05, 4.69) is 10.6 Å². The molecule has 5 nitrogen and oxygen atoms in total. The summed E-state index contributed by atoms with van der Waals surface area (Å²) in [7, 11) is -3.08. The molecule has 1 aliphatic heterocycles. The van der Waals surface area contributed by atoms with Gasteiger partial charge < -0.3 is 10.6 Å². The molecule has 0 spiro atoms. The van der Waals surface area contributed by atoms with Crippen LogP contribution in [-0.2, 0) is 26.9 Å². The first-order valence-corrected chi connectivity index (χ1v) is 9.25. The largest absolute Gasteiger partial charge is 0.352 e. The predicted molar refractivity (Wildman–Crippen MR) is 82.4 cm³/mol. The molecule has 0 aliphatic carbocycles. The molecule has 0 saturated carbocycles. The summed E-state index contributed by atoms with van der Waals surface area (Å²) in [4.78, 5) is 12.1. The van der Waals surface area contributed by atoms with Crippen molar-refractivity contribution in [3.63, 3.8) is 0 Å². The van der Waals surface area contributed by atoms with Crippen molar-refractivity contribution in [1.82, 2.24) is 10.6 Å². The van der Waals surface area contributed by atoms with Crippen molar-refractivity contribution in [3.05, 3.63) is 35.4 Å². The van der Waals surface area contributed by atoms with Crippen molar-refractivity contribution in [2.24, 2.45) is 5.92 Å². The summed E-state index contributed by atoms with van der Waals surface area (Å²) in [5.74, 6) is 0.0569. The zero-order chi connectivity index (χ0) is 15.3. The standard InChI is InChI=1S/C15H22N2O3S/c1-21(19,20)11-14-6-3-2-5-12(14)10-17-15(18)13-7-4-8-16-9-13/h2-3,5-6,13,16H,4,7-11H2,1H3,(H,17,18). The zero-order valence-corrected chi connectivity index (χ0v) is 13.1. The Hall–Kier alpha value is -1.40. The Kier molecular flexibility index (Phi) is 5.36. The maximum absolute atomic E-state index is 12.1. The van der Waals surface area contributed by atoms with E-state index in [9.17, 15) is 13.2 Å². The number of rotatable bonds is 5. The van der Waals surface area contributed by atoms with E-state index in [1.54, 1.807) is 6.07 Å². The highest BCUT2D eigenvalue weighted by Crippen LogP contribution is 2.14. The van der Waals surface area contributed by atoms with E-state index in [4.69, 9.17) is 0 Å². The minimum Gasteiger partial charge on any atom is -0.352 e. The number of nitrogens with one attached hydrogen (secondary N) is 2. The fourth-order valence-corrected chi connectivity index (χ4v) is 3.40. The highest BCUT2D eigenvalue weighted by molar-refractivity contribution is 7.89. The van der Waals surface area contributed by atoms with E-state index in [1.807, 2.05) is 18.2 Å². The molecule has 0 bridgehead atoms. The fourth-order valence-electron chi connectivity index (χ4n) is 2.56. The highest BCUT2D eigenvalue weighted by atomic mass is 32.2. The molecule has 1 heterocycles. The van der Waals surface area contributed by atoms with E-state index in [-0.39, 0.29) is 17.6 Å². The summed E-state index contributed by atoms with van der Waals surface area (Å²) in [5, 5.41) is 6.14. The number of carbonyl (C=O) groups is 1. The molecule has 1 atom stereocenters. The molecule has 1 aliphatic rings. The van der Waals surface area contributed by atoms with E-state index in [0.29, 0.717) is 6.54 Å². The Morgan fingerprint density at radius 2 is 2.05 bits per heavy atom. The lowest BCUT2D eigenvalue weighted by atomic mass is 9.98. The molecule has 1 saturated heterocycles. The maximum atomic E-state index is 12.1. The van der Waals surface area contributed by atoms with E-state index < -0.39 is 9.84 Å². The third-order valence-corrected chi connectivity index (χ3v) is 4.49. The van der Waals surface area contributed by atoms with Gasteiger partial charge in [-0.15, -0.1) is 0 Å². The van der Waals surface area contributed by atoms with Crippen LogP contribution in [0.2, 0.25) is 0 Å². The number of benzene rings is 1. The van der Waals surface area contributed by atoms with Crippen LogP contribution in [0.4, 0.5) is 0 Å². The number of hydrogen-bond acceptors (Lipinski definition) is 4. The van der Waals surface area contributed by atoms with E-state index in [0.717, 1.165) is 37.1 Å². The molecule has 0 aromatic heterocycles. The summed E-state index contributed by atoms with van der Waals surface area (Å²) in [6, 6.07) is 7.33. The summed E-state index contributed by atoms with van der Waals surface area (Å²) < 4.78 is 22.9. The van der Waals surface area contributed by atoms with Gasteiger partial charge in [0.2, 0.25) is 5.91 Å². The molecule has 1 fully saturated rings. The molecule has 1 aromatic carbocycles. The SMILES string of the molecule is CS(=O)(=O)Cc1ccccc1CNC(=O)C1CCCNC1. The number of sulfone groups is 1. The normalized spacial score (nSPS) is 19.2. The summed E-state index contributed by atoms with van der Waals surface area (Å²) in [6.07, 6.45) is 3.14. The average molecular weight is 310 g/mol. The molecule has 1 unspecified atom stereocenters. The van der Waals surface area contributed by atoms with Gasteiger partial charge in [-0.25, -0.2) is 8.42 Å². The van der Waals surface area contributed by atoms with Crippen LogP contribution in [-0.4, -0.2) is 33.7 Å². The minimum absolute atomic E-state index is 0.00400. The van der Waals surface area contributed by atoms with Crippen LogP contribution < -0.4 is 10.6 Å². The van der Waals surface area contributed by atoms with Gasteiger partial charge in [-0.3, -0.25) is 4.79 Å². The second kappa shape index (κ2) is 7.04. The van der Waals surface area contributed by atoms with Gasteiger partial charge in [0, 0.05) is 19.3 Å². The van der Waals surface area contributed by atoms with Gasteiger partial charge in [0.15, 0.2) is 9.84 Å². The topological polar surface area (TPSA) is 75.3 Å². The highest BCUT2D eigenvalue weighted by Gasteiger charge is 2.20. The second-order valence-electron chi connectivity index (χ2n) is 5.60. The van der Waals surface area contributed by atoms with Crippen LogP contribution in [0.25, 0.3) is 0 Å². The average Bonchev–Trinajstić information content (AvgIpc) is 2.45. The first kappa shape index (κ1) is 16.0.